The van der Waals surface area contributed by atoms with E-state index >= 15 is 4.39 Å². The van der Waals surface area contributed by atoms with Gasteiger partial charge in [-0.3, -0.25) is 0 Å². The third kappa shape index (κ3) is 7.25. The molecule has 0 bridgehead atoms. The van der Waals surface area contributed by atoms with Crippen LogP contribution in [0.3, 0.4) is 0 Å². The van der Waals surface area contributed by atoms with Crippen molar-refractivity contribution in [3.05, 3.63) is 108 Å². The Bertz CT molecular complexity index is 1520. The van der Waals surface area contributed by atoms with E-state index in [2.05, 4.69) is 4.74 Å². The van der Waals surface area contributed by atoms with Crippen molar-refractivity contribution in [1.82, 2.24) is 0 Å². The molecule has 0 aliphatic rings. The predicted octanol–water partition coefficient (Wildman–Crippen LogP) is 10.4. The number of rotatable bonds is 9. The summed E-state index contributed by atoms with van der Waals surface area (Å²) in [6, 6.07) is 16.1. The molecule has 0 atom stereocenters. The summed E-state index contributed by atoms with van der Waals surface area (Å²) >= 11 is 0. The molecule has 0 aliphatic heterocycles. The lowest BCUT2D eigenvalue weighted by atomic mass is 9.97. The number of benzene rings is 4. The number of unbranched alkanes of at least 4 members (excludes halogenated alkanes) is 1. The SMILES string of the molecule is CCCCOC(F)=C(F)c1ccc(-c2ccc(-c3ccc(-c4cc(F)c(OC(F)(F)F)c(F)c4)cc3)c(F)c2)cc1. The van der Waals surface area contributed by atoms with E-state index in [-0.39, 0.29) is 28.9 Å². The Morgan fingerprint density at radius 3 is 1.73 bits per heavy atom. The van der Waals surface area contributed by atoms with Crippen LogP contribution in [0.4, 0.5) is 35.1 Å². The van der Waals surface area contributed by atoms with Crippen LogP contribution in [0.15, 0.2) is 84.9 Å². The first kappa shape index (κ1) is 29.6. The number of alkyl halides is 3. The van der Waals surface area contributed by atoms with Gasteiger partial charge in [-0.15, -0.1) is 13.2 Å². The van der Waals surface area contributed by atoms with Crippen molar-refractivity contribution >= 4 is 5.83 Å². The van der Waals surface area contributed by atoms with Crippen molar-refractivity contribution in [1.29, 1.82) is 0 Å². The highest BCUT2D eigenvalue weighted by Crippen LogP contribution is 2.34. The van der Waals surface area contributed by atoms with Gasteiger partial charge in [-0.05, 0) is 52.4 Å². The van der Waals surface area contributed by atoms with Crippen LogP contribution in [0.2, 0.25) is 0 Å². The first-order valence-corrected chi connectivity index (χ1v) is 12.4. The minimum atomic E-state index is -5.26. The largest absolute Gasteiger partial charge is 0.573 e. The van der Waals surface area contributed by atoms with Crippen LogP contribution in [0.5, 0.6) is 5.75 Å². The van der Waals surface area contributed by atoms with Gasteiger partial charge < -0.3 is 9.47 Å². The molecule has 0 N–H and O–H groups in total. The molecule has 0 saturated heterocycles. The molecule has 10 heteroatoms. The fourth-order valence-corrected chi connectivity index (χ4v) is 4.00. The van der Waals surface area contributed by atoms with Crippen molar-refractivity contribution in [2.24, 2.45) is 0 Å². The smallest absolute Gasteiger partial charge is 0.469 e. The molecule has 0 amide bonds. The molecule has 0 unspecified atom stereocenters. The van der Waals surface area contributed by atoms with Gasteiger partial charge in [0.1, 0.15) is 5.82 Å². The zero-order chi connectivity index (χ0) is 29.7. The first-order valence-electron chi connectivity index (χ1n) is 12.4. The normalized spacial score (nSPS) is 12.2. The van der Waals surface area contributed by atoms with Crippen LogP contribution in [0.1, 0.15) is 25.3 Å². The standard InChI is InChI=1S/C31H22F8O2/c1-2-3-14-40-30(36)28(35)21-10-6-18(7-11-21)22-12-13-24(25(32)15-22)20-8-4-19(5-9-20)23-16-26(33)29(27(34)17-23)41-31(37,38)39/h4-13,15-17H,2-3,14H2,1H3. The number of ether oxygens (including phenoxy) is 2. The van der Waals surface area contributed by atoms with E-state index in [4.69, 9.17) is 4.74 Å². The summed E-state index contributed by atoms with van der Waals surface area (Å²) in [5.74, 6) is -6.33. The molecule has 0 radical (unpaired) electrons. The molecule has 2 nitrogen and oxygen atoms in total. The third-order valence-corrected chi connectivity index (χ3v) is 6.09. The predicted molar refractivity (Wildman–Crippen MR) is 139 cm³/mol. The van der Waals surface area contributed by atoms with E-state index in [0.717, 1.165) is 6.42 Å². The Hall–Kier alpha value is -4.34. The summed E-state index contributed by atoms with van der Waals surface area (Å²) in [5.41, 5.74) is 1.87. The van der Waals surface area contributed by atoms with Gasteiger partial charge in [0, 0.05) is 11.1 Å². The molecule has 0 fully saturated rings. The Labute approximate surface area is 230 Å². The Balaban J connectivity index is 1.52. The lowest BCUT2D eigenvalue weighted by Gasteiger charge is -2.12. The number of hydrogen-bond donors (Lipinski definition) is 0. The quantitative estimate of drug-likeness (QED) is 0.112. The summed E-state index contributed by atoms with van der Waals surface area (Å²) in [6.45, 7) is 1.96. The van der Waals surface area contributed by atoms with Crippen LogP contribution in [-0.4, -0.2) is 13.0 Å². The molecule has 214 valence electrons. The summed E-state index contributed by atoms with van der Waals surface area (Å²) in [7, 11) is 0. The summed E-state index contributed by atoms with van der Waals surface area (Å²) in [5, 5.41) is 0. The fourth-order valence-electron chi connectivity index (χ4n) is 4.00. The maximum atomic E-state index is 15.1. The second kappa shape index (κ2) is 12.4. The minimum Gasteiger partial charge on any atom is -0.469 e. The van der Waals surface area contributed by atoms with Gasteiger partial charge >= 0.3 is 12.4 Å². The molecule has 4 aromatic rings. The van der Waals surface area contributed by atoms with Crippen molar-refractivity contribution < 1.29 is 44.6 Å². The van der Waals surface area contributed by atoms with E-state index in [1.807, 2.05) is 6.92 Å². The average Bonchev–Trinajstić information content (AvgIpc) is 2.94. The highest BCUT2D eigenvalue weighted by atomic mass is 19.4. The molecule has 0 spiro atoms. The van der Waals surface area contributed by atoms with Gasteiger partial charge in [-0.1, -0.05) is 74.0 Å². The maximum absolute atomic E-state index is 15.1. The third-order valence-electron chi connectivity index (χ3n) is 6.09. The van der Waals surface area contributed by atoms with E-state index in [1.54, 1.807) is 6.07 Å². The van der Waals surface area contributed by atoms with E-state index in [9.17, 15) is 30.7 Å². The minimum absolute atomic E-state index is 0.0257. The van der Waals surface area contributed by atoms with Crippen LogP contribution >= 0.6 is 0 Å². The topological polar surface area (TPSA) is 18.5 Å². The van der Waals surface area contributed by atoms with Gasteiger partial charge in [-0.2, -0.15) is 8.78 Å². The molecule has 0 heterocycles. The van der Waals surface area contributed by atoms with Gasteiger partial charge in [0.15, 0.2) is 11.6 Å². The Kier molecular flexibility index (Phi) is 9.00. The molecular formula is C31H22F8O2. The van der Waals surface area contributed by atoms with Crippen LogP contribution in [0, 0.1) is 17.5 Å². The second-order valence-corrected chi connectivity index (χ2v) is 8.96. The summed E-state index contributed by atoms with van der Waals surface area (Å²) in [4.78, 5) is 0. The van der Waals surface area contributed by atoms with Crippen molar-refractivity contribution in [3.63, 3.8) is 0 Å². The van der Waals surface area contributed by atoms with Crippen molar-refractivity contribution in [3.8, 4) is 39.1 Å². The average molecular weight is 578 g/mol. The molecule has 0 saturated carbocycles. The maximum Gasteiger partial charge on any atom is 0.573 e. The second-order valence-electron chi connectivity index (χ2n) is 8.96. The van der Waals surface area contributed by atoms with Gasteiger partial charge in [0.25, 0.3) is 0 Å². The van der Waals surface area contributed by atoms with Gasteiger partial charge in [-0.25, -0.2) is 13.2 Å². The van der Waals surface area contributed by atoms with E-state index < -0.39 is 41.4 Å². The van der Waals surface area contributed by atoms with Crippen LogP contribution in [-0.2, 0) is 4.74 Å². The van der Waals surface area contributed by atoms with E-state index in [1.165, 1.54) is 60.7 Å². The molecule has 0 aromatic heterocycles. The lowest BCUT2D eigenvalue weighted by Crippen LogP contribution is -2.19. The van der Waals surface area contributed by atoms with Crippen molar-refractivity contribution in [2.45, 2.75) is 26.1 Å². The first-order chi connectivity index (χ1) is 19.5. The Morgan fingerprint density at radius 1 is 0.659 bits per heavy atom. The highest BCUT2D eigenvalue weighted by molar-refractivity contribution is 5.75. The fraction of sp³-hybridized carbons (Fsp3) is 0.161. The number of hydrogen-bond acceptors (Lipinski definition) is 2. The molecular weight excluding hydrogens is 556 g/mol. The monoisotopic (exact) mass is 578 g/mol. The number of halogens is 8. The van der Waals surface area contributed by atoms with E-state index in [0.29, 0.717) is 35.2 Å². The lowest BCUT2D eigenvalue weighted by molar-refractivity contribution is -0.276. The Morgan fingerprint density at radius 2 is 1.17 bits per heavy atom. The summed E-state index contributed by atoms with van der Waals surface area (Å²) in [6.07, 6.45) is -3.90. The van der Waals surface area contributed by atoms with Crippen LogP contribution in [0.25, 0.3) is 39.2 Å². The van der Waals surface area contributed by atoms with Gasteiger partial charge in [0.05, 0.1) is 6.61 Å². The van der Waals surface area contributed by atoms with Crippen molar-refractivity contribution in [2.75, 3.05) is 6.61 Å². The van der Waals surface area contributed by atoms with Crippen LogP contribution < -0.4 is 4.74 Å². The zero-order valence-corrected chi connectivity index (χ0v) is 21.5. The summed E-state index contributed by atoms with van der Waals surface area (Å²) < 4.78 is 117. The molecule has 4 rings (SSSR count). The zero-order valence-electron chi connectivity index (χ0n) is 21.5. The van der Waals surface area contributed by atoms with Gasteiger partial charge in [0.2, 0.25) is 11.6 Å². The molecule has 0 aliphatic carbocycles. The highest BCUT2D eigenvalue weighted by Gasteiger charge is 2.34. The molecule has 41 heavy (non-hydrogen) atoms. The molecule has 4 aromatic carbocycles.